The fourth-order valence-corrected chi connectivity index (χ4v) is 5.24. The van der Waals surface area contributed by atoms with Crippen LogP contribution in [0.25, 0.3) is 0 Å². The van der Waals surface area contributed by atoms with Crippen LogP contribution in [0.2, 0.25) is 10.0 Å². The molecule has 0 fully saturated rings. The normalized spacial score (nSPS) is 15.0. The highest BCUT2D eigenvalue weighted by Crippen LogP contribution is 2.31. The Bertz CT molecular complexity index is 1230. The summed E-state index contributed by atoms with van der Waals surface area (Å²) in [6, 6.07) is 19.4. The van der Waals surface area contributed by atoms with Gasteiger partial charge in [-0.25, -0.2) is 8.42 Å². The maximum Gasteiger partial charge on any atom is 0.264 e. The number of carbonyl (C=O) groups is 1. The number of carbonyl (C=O) groups excluding carboxylic acids is 1. The van der Waals surface area contributed by atoms with Crippen molar-refractivity contribution in [3.63, 3.8) is 0 Å². The topological polar surface area (TPSA) is 84.9 Å². The van der Waals surface area contributed by atoms with E-state index < -0.39 is 28.6 Å². The first-order valence-electron chi connectivity index (χ1n) is 10.0. The molecule has 0 aliphatic carbocycles. The molecule has 0 saturated heterocycles. The summed E-state index contributed by atoms with van der Waals surface area (Å²) in [7, 11) is -4.07. The molecule has 1 amide bonds. The number of ether oxygens (including phenoxy) is 2. The fourth-order valence-electron chi connectivity index (χ4n) is 3.30. The third kappa shape index (κ3) is 5.52. The largest absolute Gasteiger partial charge is 0.486 e. The summed E-state index contributed by atoms with van der Waals surface area (Å²) in [5.41, 5.74) is 0.178. The molecule has 1 N–H and O–H groups in total. The average Bonchev–Trinajstić information content (AvgIpc) is 2.81. The van der Waals surface area contributed by atoms with Crippen molar-refractivity contribution in [2.75, 3.05) is 24.0 Å². The van der Waals surface area contributed by atoms with Gasteiger partial charge in [-0.15, -0.1) is 0 Å². The molecule has 1 unspecified atom stereocenters. The zero-order valence-corrected chi connectivity index (χ0v) is 19.6. The number of amides is 1. The van der Waals surface area contributed by atoms with Crippen molar-refractivity contribution in [3.05, 3.63) is 82.8 Å². The molecule has 172 valence electrons. The van der Waals surface area contributed by atoms with E-state index in [0.29, 0.717) is 11.5 Å². The predicted molar refractivity (Wildman–Crippen MR) is 127 cm³/mol. The third-order valence-corrected chi connectivity index (χ3v) is 7.07. The molecule has 0 radical (unpaired) electrons. The van der Waals surface area contributed by atoms with Gasteiger partial charge in [0.05, 0.1) is 17.1 Å². The van der Waals surface area contributed by atoms with E-state index in [2.05, 4.69) is 5.32 Å². The second-order valence-corrected chi connectivity index (χ2v) is 9.99. The lowest BCUT2D eigenvalue weighted by molar-refractivity contribution is -0.120. The first-order chi connectivity index (χ1) is 15.8. The summed E-state index contributed by atoms with van der Waals surface area (Å²) in [6.07, 6.45) is -0.413. The summed E-state index contributed by atoms with van der Waals surface area (Å²) in [6.45, 7) is -0.0754. The highest BCUT2D eigenvalue weighted by molar-refractivity contribution is 7.92. The van der Waals surface area contributed by atoms with Crippen LogP contribution in [0.15, 0.2) is 77.7 Å². The van der Waals surface area contributed by atoms with Crippen molar-refractivity contribution in [1.82, 2.24) is 5.32 Å². The number of hydrogen-bond donors (Lipinski definition) is 1. The van der Waals surface area contributed by atoms with Crippen LogP contribution in [0, 0.1) is 0 Å². The number of nitrogens with one attached hydrogen (secondary N) is 1. The smallest absolute Gasteiger partial charge is 0.264 e. The molecule has 1 aliphatic heterocycles. The van der Waals surface area contributed by atoms with Crippen molar-refractivity contribution in [2.24, 2.45) is 0 Å². The Labute approximate surface area is 201 Å². The van der Waals surface area contributed by atoms with Crippen LogP contribution in [-0.4, -0.2) is 40.1 Å². The number of nitrogens with zero attached hydrogens (tertiary/aromatic N) is 1. The Morgan fingerprint density at radius 2 is 1.61 bits per heavy atom. The number of anilines is 1. The minimum absolute atomic E-state index is 0.0366. The van der Waals surface area contributed by atoms with Crippen molar-refractivity contribution in [1.29, 1.82) is 0 Å². The Hall–Kier alpha value is -2.94. The second-order valence-electron chi connectivity index (χ2n) is 7.25. The molecule has 7 nitrogen and oxygen atoms in total. The van der Waals surface area contributed by atoms with Crippen LogP contribution in [0.4, 0.5) is 5.69 Å². The molecular weight excluding hydrogens is 487 g/mol. The quantitative estimate of drug-likeness (QED) is 0.520. The first kappa shape index (κ1) is 23.2. The number of fused-ring (bicyclic) bond motifs is 1. The van der Waals surface area contributed by atoms with Gasteiger partial charge < -0.3 is 14.8 Å². The summed E-state index contributed by atoms with van der Waals surface area (Å²) in [5, 5.41) is 3.22. The average molecular weight is 507 g/mol. The van der Waals surface area contributed by atoms with E-state index in [0.717, 1.165) is 4.31 Å². The Kier molecular flexibility index (Phi) is 6.97. The van der Waals surface area contributed by atoms with Crippen LogP contribution in [-0.2, 0) is 14.8 Å². The molecule has 0 bridgehead atoms. The Balaban J connectivity index is 1.51. The number of benzene rings is 3. The minimum Gasteiger partial charge on any atom is -0.486 e. The monoisotopic (exact) mass is 506 g/mol. The van der Waals surface area contributed by atoms with Gasteiger partial charge in [-0.3, -0.25) is 9.10 Å². The Morgan fingerprint density at radius 1 is 0.970 bits per heavy atom. The maximum atomic E-state index is 13.3. The molecule has 1 heterocycles. The molecule has 1 atom stereocenters. The van der Waals surface area contributed by atoms with Gasteiger partial charge in [0.25, 0.3) is 10.0 Å². The summed E-state index contributed by atoms with van der Waals surface area (Å²) in [5.74, 6) is 0.705. The summed E-state index contributed by atoms with van der Waals surface area (Å²) in [4.78, 5) is 12.8. The third-order valence-electron chi connectivity index (χ3n) is 4.85. The van der Waals surface area contributed by atoms with Gasteiger partial charge in [0.15, 0.2) is 11.5 Å². The standard InChI is InChI=1S/C23H20Cl2N2O5S/c24-16-10-17(25)12-18(11-16)27(33(29,30)20-6-2-1-3-7-20)14-23(28)26-13-19-15-31-21-8-4-5-9-22(21)32-19/h1-12,19H,13-15H2,(H,26,28). The van der Waals surface area contributed by atoms with Gasteiger partial charge in [-0.2, -0.15) is 0 Å². The predicted octanol–water partition coefficient (Wildman–Crippen LogP) is 4.14. The van der Waals surface area contributed by atoms with Crippen LogP contribution < -0.4 is 19.1 Å². The molecule has 0 aromatic heterocycles. The number of para-hydroxylation sites is 2. The summed E-state index contributed by atoms with van der Waals surface area (Å²) >= 11 is 12.2. The van der Waals surface area contributed by atoms with E-state index in [9.17, 15) is 13.2 Å². The lowest BCUT2D eigenvalue weighted by Gasteiger charge is -2.27. The van der Waals surface area contributed by atoms with Crippen LogP contribution in [0.3, 0.4) is 0 Å². The molecule has 10 heteroatoms. The van der Waals surface area contributed by atoms with E-state index in [4.69, 9.17) is 32.7 Å². The van der Waals surface area contributed by atoms with E-state index in [1.807, 2.05) is 12.1 Å². The van der Waals surface area contributed by atoms with Crippen LogP contribution in [0.5, 0.6) is 11.5 Å². The van der Waals surface area contributed by atoms with Crippen molar-refractivity contribution >= 4 is 44.8 Å². The van der Waals surface area contributed by atoms with Gasteiger partial charge in [0.2, 0.25) is 5.91 Å². The molecule has 3 aromatic carbocycles. The molecule has 0 saturated carbocycles. The number of sulfonamides is 1. The number of hydrogen-bond acceptors (Lipinski definition) is 5. The molecule has 4 rings (SSSR count). The minimum atomic E-state index is -4.07. The molecule has 33 heavy (non-hydrogen) atoms. The van der Waals surface area contributed by atoms with Gasteiger partial charge in [-0.05, 0) is 42.5 Å². The van der Waals surface area contributed by atoms with E-state index in [1.165, 1.54) is 30.3 Å². The second kappa shape index (κ2) is 9.91. The lowest BCUT2D eigenvalue weighted by atomic mass is 10.2. The zero-order valence-electron chi connectivity index (χ0n) is 17.3. The van der Waals surface area contributed by atoms with Gasteiger partial charge in [0.1, 0.15) is 19.3 Å². The van der Waals surface area contributed by atoms with Crippen molar-refractivity contribution < 1.29 is 22.7 Å². The summed E-state index contributed by atoms with van der Waals surface area (Å²) < 4.78 is 39.2. The highest BCUT2D eigenvalue weighted by atomic mass is 35.5. The number of rotatable bonds is 7. The molecular formula is C23H20Cl2N2O5S. The van der Waals surface area contributed by atoms with Gasteiger partial charge in [0, 0.05) is 10.0 Å². The lowest BCUT2D eigenvalue weighted by Crippen LogP contribution is -2.45. The molecule has 3 aromatic rings. The number of halogens is 2. The van der Waals surface area contributed by atoms with Gasteiger partial charge >= 0.3 is 0 Å². The van der Waals surface area contributed by atoms with Crippen molar-refractivity contribution in [3.8, 4) is 11.5 Å². The Morgan fingerprint density at radius 3 is 2.30 bits per heavy atom. The highest BCUT2D eigenvalue weighted by Gasteiger charge is 2.28. The van der Waals surface area contributed by atoms with Crippen LogP contribution >= 0.6 is 23.2 Å². The molecule has 1 aliphatic rings. The SMILES string of the molecule is O=C(CN(c1cc(Cl)cc(Cl)c1)S(=O)(=O)c1ccccc1)NCC1COc2ccccc2O1. The van der Waals surface area contributed by atoms with Crippen molar-refractivity contribution in [2.45, 2.75) is 11.0 Å². The van der Waals surface area contributed by atoms with Crippen LogP contribution in [0.1, 0.15) is 0 Å². The maximum absolute atomic E-state index is 13.3. The molecule has 0 spiro atoms. The zero-order chi connectivity index (χ0) is 23.4. The fraction of sp³-hybridized carbons (Fsp3) is 0.174. The van der Waals surface area contributed by atoms with E-state index in [-0.39, 0.29) is 33.8 Å². The van der Waals surface area contributed by atoms with Gasteiger partial charge in [-0.1, -0.05) is 53.5 Å². The first-order valence-corrected chi connectivity index (χ1v) is 12.2. The van der Waals surface area contributed by atoms with E-state index >= 15 is 0 Å². The van der Waals surface area contributed by atoms with E-state index in [1.54, 1.807) is 30.3 Å².